The summed E-state index contributed by atoms with van der Waals surface area (Å²) in [5.74, 6) is -1.41. The van der Waals surface area contributed by atoms with Gasteiger partial charge in [0.1, 0.15) is 6.29 Å². The summed E-state index contributed by atoms with van der Waals surface area (Å²) in [5.41, 5.74) is 18.2. The van der Waals surface area contributed by atoms with Crippen LogP contribution < -0.4 is 15.5 Å². The van der Waals surface area contributed by atoms with Gasteiger partial charge in [-0.2, -0.15) is 0 Å². The van der Waals surface area contributed by atoms with Crippen LogP contribution in [0.3, 0.4) is 0 Å². The molecule has 8 rings (SSSR count). The highest BCUT2D eigenvalue weighted by Crippen LogP contribution is 2.30. The number of aryl methyl sites for hydroxylation is 6. The number of ketones is 1. The first kappa shape index (κ1) is 47.1. The summed E-state index contributed by atoms with van der Waals surface area (Å²) in [6.07, 6.45) is 3.42. The van der Waals surface area contributed by atoms with Gasteiger partial charge in [0, 0.05) is 36.0 Å². The number of rotatable bonds is 11. The lowest BCUT2D eigenvalue weighted by Crippen LogP contribution is -2.29. The molecular formula is C54H50N4O6S. The molecule has 0 aliphatic carbocycles. The molecule has 0 unspecified atom stereocenters. The van der Waals surface area contributed by atoms with Gasteiger partial charge in [-0.3, -0.25) is 33.8 Å². The van der Waals surface area contributed by atoms with E-state index in [9.17, 15) is 28.8 Å². The Morgan fingerprint density at radius 1 is 0.554 bits per heavy atom. The topological polar surface area (TPSA) is 147 Å². The molecule has 0 atom stereocenters. The third-order valence-corrected chi connectivity index (χ3v) is 11.6. The van der Waals surface area contributed by atoms with E-state index < -0.39 is 5.91 Å². The first-order valence-electron chi connectivity index (χ1n) is 21.1. The van der Waals surface area contributed by atoms with E-state index in [1.165, 1.54) is 39.8 Å². The predicted octanol–water partition coefficient (Wildman–Crippen LogP) is 9.43. The fourth-order valence-electron chi connectivity index (χ4n) is 7.56. The second kappa shape index (κ2) is 20.9. The Kier molecular flexibility index (Phi) is 15.2. The zero-order chi connectivity index (χ0) is 46.9. The number of benzene rings is 6. The van der Waals surface area contributed by atoms with Crippen LogP contribution >= 0.6 is 12.2 Å². The number of hydrogen-bond acceptors (Lipinski definition) is 9. The van der Waals surface area contributed by atoms with Crippen LogP contribution in [0, 0.1) is 41.5 Å². The second-order valence-corrected chi connectivity index (χ2v) is 16.7. The number of imide groups is 2. The number of aldehydes is 1. The van der Waals surface area contributed by atoms with E-state index >= 15 is 0 Å². The molecule has 65 heavy (non-hydrogen) atoms. The summed E-state index contributed by atoms with van der Waals surface area (Å²) in [6, 6.07) is 36.2. The minimum Gasteiger partial charge on any atom is -0.326 e. The summed E-state index contributed by atoms with van der Waals surface area (Å²) in [4.78, 5) is 81.0. The Morgan fingerprint density at radius 3 is 1.38 bits per heavy atom. The summed E-state index contributed by atoms with van der Waals surface area (Å²) in [5, 5.41) is 0. The molecule has 2 aliphatic heterocycles. The number of Topliss-reactive ketones (excluding diaryl/α,β-unsaturated/α-hetero) is 1. The monoisotopic (exact) mass is 882 g/mol. The lowest BCUT2D eigenvalue weighted by molar-refractivity contribution is -0.117. The van der Waals surface area contributed by atoms with Crippen LogP contribution in [0.15, 0.2) is 126 Å². The Bertz CT molecular complexity index is 2840. The zero-order valence-corrected chi connectivity index (χ0v) is 38.1. The molecule has 0 saturated heterocycles. The average molecular weight is 883 g/mol. The molecule has 2 aliphatic rings. The minimum atomic E-state index is -0.391. The number of thiocarbonyl (C=S) groups is 1. The van der Waals surface area contributed by atoms with E-state index in [1.54, 1.807) is 48.7 Å². The van der Waals surface area contributed by atoms with Gasteiger partial charge in [0.2, 0.25) is 0 Å². The lowest BCUT2D eigenvalue weighted by atomic mass is 9.98. The van der Waals surface area contributed by atoms with E-state index in [2.05, 4.69) is 37.0 Å². The van der Waals surface area contributed by atoms with Crippen LogP contribution in [0.2, 0.25) is 0 Å². The summed E-state index contributed by atoms with van der Waals surface area (Å²) < 4.78 is 0. The standard InChI is InChI=1S/C27H24N2O3.C16H11NO3.C11H15NS/c1-17-7-10-21(11-8-17)29-26(31)23-12-9-20(13-25(23)27(29)32)15-28-16-22(30)14-24-18(2)5-4-6-19(24)3;1-10-2-5-12(6-3-10)17-15(19)13-7-4-11(9-18)8-14(13)16(17)20;1-8-4-3-5-9(2)11(8)6-10(13)7-12/h4-13,15H,14,16H2,1-3H3;2-9H,1H3;3-5H,6-7,12H2,1-2H3. The molecule has 11 heteroatoms. The van der Waals surface area contributed by atoms with Crippen molar-refractivity contribution in [3.63, 3.8) is 0 Å². The fourth-order valence-corrected chi connectivity index (χ4v) is 7.70. The van der Waals surface area contributed by atoms with Gasteiger partial charge >= 0.3 is 0 Å². The van der Waals surface area contributed by atoms with Gasteiger partial charge in [0.25, 0.3) is 23.6 Å². The highest BCUT2D eigenvalue weighted by atomic mass is 32.1. The smallest absolute Gasteiger partial charge is 0.266 e. The Morgan fingerprint density at radius 2 is 0.954 bits per heavy atom. The van der Waals surface area contributed by atoms with Crippen molar-refractivity contribution >= 4 is 70.4 Å². The minimum absolute atomic E-state index is 0.0246. The van der Waals surface area contributed by atoms with Crippen molar-refractivity contribution in [2.45, 2.75) is 54.4 Å². The highest BCUT2D eigenvalue weighted by Gasteiger charge is 2.38. The number of carbonyl (C=O) groups excluding carboxylic acids is 6. The molecule has 2 N–H and O–H groups in total. The number of hydrogen-bond donors (Lipinski definition) is 1. The van der Waals surface area contributed by atoms with Crippen LogP contribution in [-0.4, -0.2) is 59.9 Å². The lowest BCUT2D eigenvalue weighted by Gasteiger charge is -2.13. The van der Waals surface area contributed by atoms with Crippen molar-refractivity contribution < 1.29 is 28.8 Å². The first-order valence-corrected chi connectivity index (χ1v) is 21.5. The molecule has 2 heterocycles. The van der Waals surface area contributed by atoms with Gasteiger partial charge in [-0.1, -0.05) is 96.1 Å². The fraction of sp³-hybridized carbons (Fsp3) is 0.185. The van der Waals surface area contributed by atoms with Crippen LogP contribution in [0.5, 0.6) is 0 Å². The first-order chi connectivity index (χ1) is 31.1. The van der Waals surface area contributed by atoms with Crippen molar-refractivity contribution in [1.29, 1.82) is 0 Å². The molecule has 0 aromatic heterocycles. The largest absolute Gasteiger partial charge is 0.326 e. The summed E-state index contributed by atoms with van der Waals surface area (Å²) >= 11 is 5.13. The van der Waals surface area contributed by atoms with Gasteiger partial charge in [-0.25, -0.2) is 9.80 Å². The van der Waals surface area contributed by atoms with Crippen molar-refractivity contribution in [3.05, 3.63) is 199 Å². The van der Waals surface area contributed by atoms with E-state index in [0.717, 1.165) is 44.0 Å². The van der Waals surface area contributed by atoms with Crippen LogP contribution in [0.1, 0.15) is 102 Å². The van der Waals surface area contributed by atoms with Crippen molar-refractivity contribution in [3.8, 4) is 0 Å². The third kappa shape index (κ3) is 10.9. The molecule has 328 valence electrons. The molecule has 0 bridgehead atoms. The highest BCUT2D eigenvalue weighted by molar-refractivity contribution is 7.80. The Labute approximate surface area is 384 Å². The van der Waals surface area contributed by atoms with Gasteiger partial charge in [-0.15, -0.1) is 0 Å². The van der Waals surface area contributed by atoms with Crippen molar-refractivity contribution in [2.75, 3.05) is 22.9 Å². The van der Waals surface area contributed by atoms with E-state index in [-0.39, 0.29) is 35.6 Å². The SMILES string of the molecule is Cc1ccc(N2C(=O)c3ccc(C=NCC(=O)Cc4c(C)cccc4C)cc3C2=O)cc1.Cc1ccc(N2C(=O)c3ccc(C=O)cc3C2=O)cc1.Cc1cccc(C)c1CC(=S)CN. The molecule has 10 nitrogen and oxygen atoms in total. The maximum absolute atomic E-state index is 12.9. The number of nitrogens with zero attached hydrogens (tertiary/aromatic N) is 3. The molecule has 0 radical (unpaired) electrons. The second-order valence-electron chi connectivity index (χ2n) is 16.1. The number of aliphatic imine (C=N–C) groups is 1. The number of fused-ring (bicyclic) bond motifs is 2. The molecule has 0 saturated carbocycles. The third-order valence-electron chi connectivity index (χ3n) is 11.3. The van der Waals surface area contributed by atoms with E-state index in [4.69, 9.17) is 18.0 Å². The average Bonchev–Trinajstić information content (AvgIpc) is 3.69. The predicted molar refractivity (Wildman–Crippen MR) is 261 cm³/mol. The Balaban J connectivity index is 0.000000180. The van der Waals surface area contributed by atoms with Crippen molar-refractivity contribution in [2.24, 2.45) is 10.7 Å². The maximum Gasteiger partial charge on any atom is 0.266 e. The van der Waals surface area contributed by atoms with Gasteiger partial charge in [0.05, 0.1) is 40.2 Å². The van der Waals surface area contributed by atoms with Crippen LogP contribution in [-0.2, 0) is 17.6 Å². The number of carbonyl (C=O) groups is 6. The Hall–Kier alpha value is -7.34. The quantitative estimate of drug-likeness (QED) is 0.0586. The molecule has 0 spiro atoms. The molecular weight excluding hydrogens is 833 g/mol. The molecule has 0 fully saturated rings. The van der Waals surface area contributed by atoms with Gasteiger partial charge in [0.15, 0.2) is 5.78 Å². The molecule has 6 aromatic carbocycles. The molecule has 6 aromatic rings. The molecule has 4 amide bonds. The van der Waals surface area contributed by atoms with Gasteiger partial charge in [-0.05, 0) is 129 Å². The van der Waals surface area contributed by atoms with Crippen molar-refractivity contribution in [1.82, 2.24) is 0 Å². The summed E-state index contributed by atoms with van der Waals surface area (Å²) in [7, 11) is 0. The van der Waals surface area contributed by atoms with Crippen LogP contribution in [0.4, 0.5) is 11.4 Å². The summed E-state index contributed by atoms with van der Waals surface area (Å²) in [6.45, 7) is 12.7. The number of anilines is 2. The van der Waals surface area contributed by atoms with E-state index in [1.807, 2.05) is 70.2 Å². The zero-order valence-electron chi connectivity index (χ0n) is 37.3. The number of nitrogens with two attached hydrogens (primary N) is 1. The number of amides is 4. The van der Waals surface area contributed by atoms with Crippen LogP contribution in [0.25, 0.3) is 0 Å². The maximum atomic E-state index is 12.9. The van der Waals surface area contributed by atoms with Gasteiger partial charge < -0.3 is 5.73 Å². The van der Waals surface area contributed by atoms with E-state index in [0.29, 0.717) is 58.4 Å². The normalized spacial score (nSPS) is 12.7.